The third-order valence-electron chi connectivity index (χ3n) is 4.87. The van der Waals surface area contributed by atoms with Crippen LogP contribution in [-0.4, -0.2) is 5.97 Å². The molecular formula is C25H16O2. The SMILES string of the molecule is O=C1C=C(c2ccc3ccccc3c2)/C(=C/c2ccc3ccccc3c2)O1. The summed E-state index contributed by atoms with van der Waals surface area (Å²) in [5.41, 5.74) is 2.80. The van der Waals surface area contributed by atoms with Crippen LogP contribution in [0.2, 0.25) is 0 Å². The van der Waals surface area contributed by atoms with Crippen molar-refractivity contribution >= 4 is 39.2 Å². The Kier molecular flexibility index (Phi) is 3.61. The molecule has 1 heterocycles. The van der Waals surface area contributed by atoms with Gasteiger partial charge in [0.25, 0.3) is 0 Å². The van der Waals surface area contributed by atoms with Crippen molar-refractivity contribution in [1.29, 1.82) is 0 Å². The quantitative estimate of drug-likeness (QED) is 0.417. The van der Waals surface area contributed by atoms with Crippen LogP contribution in [0.1, 0.15) is 11.1 Å². The molecule has 0 unspecified atom stereocenters. The van der Waals surface area contributed by atoms with E-state index in [9.17, 15) is 4.79 Å². The number of carbonyl (C=O) groups is 1. The maximum Gasteiger partial charge on any atom is 0.336 e. The summed E-state index contributed by atoms with van der Waals surface area (Å²) < 4.78 is 5.49. The van der Waals surface area contributed by atoms with Crippen molar-refractivity contribution in [3.05, 3.63) is 108 Å². The Labute approximate surface area is 157 Å². The summed E-state index contributed by atoms with van der Waals surface area (Å²) in [6.07, 6.45) is 3.50. The lowest BCUT2D eigenvalue weighted by Gasteiger charge is -2.07. The average Bonchev–Trinajstić information content (AvgIpc) is 3.07. The van der Waals surface area contributed by atoms with Gasteiger partial charge in [-0.05, 0) is 50.9 Å². The highest BCUT2D eigenvalue weighted by Gasteiger charge is 2.21. The summed E-state index contributed by atoms with van der Waals surface area (Å²) in [7, 11) is 0. The standard InChI is InChI=1S/C25H16O2/c26-25-16-23(22-12-11-19-6-2-4-8-21(19)15-22)24(27-25)14-17-9-10-18-5-1-3-7-20(18)13-17/h1-16H/b24-14-. The van der Waals surface area contributed by atoms with E-state index in [1.54, 1.807) is 6.08 Å². The van der Waals surface area contributed by atoms with E-state index in [1.807, 2.05) is 42.5 Å². The van der Waals surface area contributed by atoms with E-state index >= 15 is 0 Å². The van der Waals surface area contributed by atoms with Crippen molar-refractivity contribution in [3.8, 4) is 0 Å². The zero-order chi connectivity index (χ0) is 18.2. The molecule has 0 atom stereocenters. The predicted molar refractivity (Wildman–Crippen MR) is 110 cm³/mol. The van der Waals surface area contributed by atoms with Gasteiger partial charge in [0.05, 0.1) is 0 Å². The highest BCUT2D eigenvalue weighted by Crippen LogP contribution is 2.33. The fourth-order valence-electron chi connectivity index (χ4n) is 3.52. The Morgan fingerprint density at radius 1 is 0.667 bits per heavy atom. The van der Waals surface area contributed by atoms with E-state index in [0.717, 1.165) is 27.5 Å². The summed E-state index contributed by atoms with van der Waals surface area (Å²) in [4.78, 5) is 12.0. The molecule has 0 N–H and O–H groups in total. The second kappa shape index (κ2) is 6.26. The first-order valence-electron chi connectivity index (χ1n) is 8.90. The monoisotopic (exact) mass is 348 g/mol. The molecule has 27 heavy (non-hydrogen) atoms. The van der Waals surface area contributed by atoms with Crippen LogP contribution in [0, 0.1) is 0 Å². The molecule has 2 nitrogen and oxygen atoms in total. The Morgan fingerprint density at radius 2 is 1.30 bits per heavy atom. The largest absolute Gasteiger partial charge is 0.423 e. The van der Waals surface area contributed by atoms with Crippen LogP contribution < -0.4 is 0 Å². The predicted octanol–water partition coefficient (Wildman–Crippen LogP) is 5.97. The molecule has 0 spiro atoms. The zero-order valence-corrected chi connectivity index (χ0v) is 14.6. The second-order valence-electron chi connectivity index (χ2n) is 6.66. The van der Waals surface area contributed by atoms with Gasteiger partial charge in [-0.3, -0.25) is 0 Å². The van der Waals surface area contributed by atoms with E-state index in [2.05, 4.69) is 48.5 Å². The first-order chi connectivity index (χ1) is 13.3. The number of hydrogen-bond donors (Lipinski definition) is 0. The van der Waals surface area contributed by atoms with E-state index < -0.39 is 0 Å². The Balaban J connectivity index is 1.58. The van der Waals surface area contributed by atoms with Gasteiger partial charge in [-0.15, -0.1) is 0 Å². The highest BCUT2D eigenvalue weighted by molar-refractivity contribution is 6.04. The maximum atomic E-state index is 12.0. The Bertz CT molecular complexity index is 1260. The number of esters is 1. The lowest BCUT2D eigenvalue weighted by atomic mass is 9.99. The molecule has 2 heteroatoms. The zero-order valence-electron chi connectivity index (χ0n) is 14.6. The lowest BCUT2D eigenvalue weighted by molar-refractivity contribution is -0.132. The molecule has 4 aromatic rings. The maximum absolute atomic E-state index is 12.0. The molecule has 128 valence electrons. The fourth-order valence-corrected chi connectivity index (χ4v) is 3.52. The van der Waals surface area contributed by atoms with Crippen LogP contribution in [0.5, 0.6) is 0 Å². The summed E-state index contributed by atoms with van der Waals surface area (Å²) >= 11 is 0. The van der Waals surface area contributed by atoms with Gasteiger partial charge in [0.2, 0.25) is 0 Å². The van der Waals surface area contributed by atoms with Crippen molar-refractivity contribution in [2.24, 2.45) is 0 Å². The number of hydrogen-bond acceptors (Lipinski definition) is 2. The summed E-state index contributed by atoms with van der Waals surface area (Å²) in [6, 6.07) is 28.8. The molecule has 4 aromatic carbocycles. The third kappa shape index (κ3) is 2.91. The first kappa shape index (κ1) is 15.6. The Hall–Kier alpha value is -3.65. The average molecular weight is 348 g/mol. The van der Waals surface area contributed by atoms with Gasteiger partial charge in [0.15, 0.2) is 0 Å². The van der Waals surface area contributed by atoms with Gasteiger partial charge in [-0.1, -0.05) is 72.8 Å². The molecule has 0 radical (unpaired) electrons. The van der Waals surface area contributed by atoms with E-state index in [0.29, 0.717) is 5.76 Å². The second-order valence-corrected chi connectivity index (χ2v) is 6.66. The lowest BCUT2D eigenvalue weighted by Crippen LogP contribution is -1.92. The van der Waals surface area contributed by atoms with Crippen molar-refractivity contribution in [3.63, 3.8) is 0 Å². The van der Waals surface area contributed by atoms with Crippen LogP contribution in [0.25, 0.3) is 33.2 Å². The first-order valence-corrected chi connectivity index (χ1v) is 8.90. The minimum atomic E-state index is -0.329. The number of allylic oxidation sites excluding steroid dienone is 1. The van der Waals surface area contributed by atoms with Crippen LogP contribution in [0.4, 0.5) is 0 Å². The topological polar surface area (TPSA) is 26.3 Å². The van der Waals surface area contributed by atoms with Crippen molar-refractivity contribution in [2.75, 3.05) is 0 Å². The normalized spacial score (nSPS) is 15.3. The van der Waals surface area contributed by atoms with Crippen LogP contribution in [-0.2, 0) is 9.53 Å². The molecule has 0 aliphatic carbocycles. The molecule has 5 rings (SSSR count). The molecule has 0 fully saturated rings. The van der Waals surface area contributed by atoms with Crippen molar-refractivity contribution < 1.29 is 9.53 Å². The summed E-state index contributed by atoms with van der Waals surface area (Å²) in [5.74, 6) is 0.260. The molecule has 0 aromatic heterocycles. The van der Waals surface area contributed by atoms with Gasteiger partial charge < -0.3 is 4.74 Å². The molecule has 0 bridgehead atoms. The van der Waals surface area contributed by atoms with Crippen LogP contribution in [0.3, 0.4) is 0 Å². The fraction of sp³-hybridized carbons (Fsp3) is 0. The van der Waals surface area contributed by atoms with E-state index in [-0.39, 0.29) is 5.97 Å². The van der Waals surface area contributed by atoms with E-state index in [4.69, 9.17) is 4.74 Å². The van der Waals surface area contributed by atoms with Crippen LogP contribution in [0.15, 0.2) is 96.8 Å². The number of benzene rings is 4. The number of ether oxygens (including phenoxy) is 1. The van der Waals surface area contributed by atoms with Crippen molar-refractivity contribution in [1.82, 2.24) is 0 Å². The third-order valence-corrected chi connectivity index (χ3v) is 4.87. The highest BCUT2D eigenvalue weighted by atomic mass is 16.5. The minimum absolute atomic E-state index is 0.329. The molecule has 1 aliphatic rings. The summed E-state index contributed by atoms with van der Waals surface area (Å²) in [5, 5.41) is 4.66. The minimum Gasteiger partial charge on any atom is -0.423 e. The summed E-state index contributed by atoms with van der Waals surface area (Å²) in [6.45, 7) is 0. The molecule has 0 saturated carbocycles. The molecular weight excluding hydrogens is 332 g/mol. The van der Waals surface area contributed by atoms with Gasteiger partial charge >= 0.3 is 5.97 Å². The number of cyclic esters (lactones) is 1. The van der Waals surface area contributed by atoms with Gasteiger partial charge in [-0.25, -0.2) is 4.79 Å². The number of fused-ring (bicyclic) bond motifs is 2. The van der Waals surface area contributed by atoms with Gasteiger partial charge in [0.1, 0.15) is 5.76 Å². The van der Waals surface area contributed by atoms with Crippen molar-refractivity contribution in [2.45, 2.75) is 0 Å². The smallest absolute Gasteiger partial charge is 0.336 e. The molecule has 0 amide bonds. The number of rotatable bonds is 2. The van der Waals surface area contributed by atoms with Gasteiger partial charge in [0, 0.05) is 11.6 Å². The number of carbonyl (C=O) groups excluding carboxylic acids is 1. The molecule has 0 saturated heterocycles. The molecule has 1 aliphatic heterocycles. The van der Waals surface area contributed by atoms with Gasteiger partial charge in [-0.2, -0.15) is 0 Å². The Morgan fingerprint density at radius 3 is 2.04 bits per heavy atom. The van der Waals surface area contributed by atoms with E-state index in [1.165, 1.54) is 10.8 Å². The van der Waals surface area contributed by atoms with Crippen LogP contribution >= 0.6 is 0 Å².